The lowest BCUT2D eigenvalue weighted by Crippen LogP contribution is -2.11. The van der Waals surface area contributed by atoms with Crippen LogP contribution in [0.5, 0.6) is 0 Å². The van der Waals surface area contributed by atoms with Crippen molar-refractivity contribution in [1.29, 1.82) is 0 Å². The fraction of sp³-hybridized carbons (Fsp3) is 0.400. The normalized spacial score (nSPS) is 9.77. The number of amides is 1. The van der Waals surface area contributed by atoms with Crippen LogP contribution in [-0.4, -0.2) is 10.9 Å². The molecule has 0 saturated carbocycles. The summed E-state index contributed by atoms with van der Waals surface area (Å²) in [6.45, 7) is 5.66. The van der Waals surface area contributed by atoms with E-state index in [9.17, 15) is 4.79 Å². The summed E-state index contributed by atoms with van der Waals surface area (Å²) < 4.78 is 0. The van der Waals surface area contributed by atoms with Gasteiger partial charge in [-0.2, -0.15) is 0 Å². The molecular weight excluding hydrogens is 164 g/mol. The van der Waals surface area contributed by atoms with E-state index >= 15 is 0 Å². The Morgan fingerprint density at radius 1 is 1.54 bits per heavy atom. The summed E-state index contributed by atoms with van der Waals surface area (Å²) in [5.41, 5.74) is 2.72. The molecule has 0 atom stereocenters. The summed E-state index contributed by atoms with van der Waals surface area (Å²) in [5, 5.41) is 2.80. The average molecular weight is 178 g/mol. The van der Waals surface area contributed by atoms with Crippen LogP contribution in [0.1, 0.15) is 24.6 Å². The van der Waals surface area contributed by atoms with Crippen LogP contribution in [0.25, 0.3) is 0 Å². The maximum atomic E-state index is 11.1. The molecule has 1 amide bonds. The highest BCUT2D eigenvalue weighted by molar-refractivity contribution is 5.91. The van der Waals surface area contributed by atoms with Gasteiger partial charge in [0.2, 0.25) is 5.91 Å². The summed E-state index contributed by atoms with van der Waals surface area (Å²) in [4.78, 5) is 15.3. The topological polar surface area (TPSA) is 42.0 Å². The van der Waals surface area contributed by atoms with E-state index in [0.717, 1.165) is 16.9 Å². The number of nitrogens with one attached hydrogen (secondary N) is 1. The highest BCUT2D eigenvalue weighted by atomic mass is 16.1. The molecule has 3 nitrogen and oxygen atoms in total. The van der Waals surface area contributed by atoms with Gasteiger partial charge < -0.3 is 5.32 Å². The van der Waals surface area contributed by atoms with Crippen LogP contribution in [0.15, 0.2) is 12.3 Å². The first-order chi connectivity index (χ1) is 6.13. The quantitative estimate of drug-likeness (QED) is 0.753. The van der Waals surface area contributed by atoms with Crippen LogP contribution in [0.2, 0.25) is 0 Å². The third kappa shape index (κ3) is 2.54. The Kier molecular flexibility index (Phi) is 3.01. The van der Waals surface area contributed by atoms with Crippen LogP contribution < -0.4 is 5.32 Å². The first-order valence-corrected chi connectivity index (χ1v) is 4.36. The van der Waals surface area contributed by atoms with Gasteiger partial charge in [-0.05, 0) is 25.5 Å². The molecule has 13 heavy (non-hydrogen) atoms. The molecule has 1 heterocycles. The predicted molar refractivity (Wildman–Crippen MR) is 52.6 cm³/mol. The monoisotopic (exact) mass is 178 g/mol. The van der Waals surface area contributed by atoms with Crippen LogP contribution in [-0.2, 0) is 4.79 Å². The van der Waals surface area contributed by atoms with Gasteiger partial charge in [0.05, 0.1) is 11.4 Å². The molecule has 0 aromatic carbocycles. The predicted octanol–water partition coefficient (Wildman–Crippen LogP) is 2.05. The van der Waals surface area contributed by atoms with E-state index in [1.807, 2.05) is 26.8 Å². The van der Waals surface area contributed by atoms with E-state index in [0.29, 0.717) is 6.42 Å². The minimum atomic E-state index is 0.0236. The first-order valence-electron chi connectivity index (χ1n) is 4.36. The number of anilines is 1. The largest absolute Gasteiger partial charge is 0.325 e. The summed E-state index contributed by atoms with van der Waals surface area (Å²) in [7, 11) is 0. The molecule has 0 unspecified atom stereocenters. The number of aromatic nitrogens is 1. The molecule has 0 aliphatic rings. The van der Waals surface area contributed by atoms with E-state index < -0.39 is 0 Å². The van der Waals surface area contributed by atoms with Gasteiger partial charge in [-0.1, -0.05) is 6.92 Å². The second-order valence-corrected chi connectivity index (χ2v) is 3.05. The Hall–Kier alpha value is -1.38. The number of carbonyl (C=O) groups is 1. The molecule has 1 rings (SSSR count). The Morgan fingerprint density at radius 3 is 2.85 bits per heavy atom. The van der Waals surface area contributed by atoms with Gasteiger partial charge >= 0.3 is 0 Å². The molecular formula is C10H14N2O. The van der Waals surface area contributed by atoms with Gasteiger partial charge in [0.25, 0.3) is 0 Å². The van der Waals surface area contributed by atoms with Crippen LogP contribution >= 0.6 is 0 Å². The van der Waals surface area contributed by atoms with Crippen LogP contribution in [0.3, 0.4) is 0 Å². The van der Waals surface area contributed by atoms with Gasteiger partial charge in [0.15, 0.2) is 0 Å². The van der Waals surface area contributed by atoms with Crippen molar-refractivity contribution in [2.75, 3.05) is 5.32 Å². The number of carbonyl (C=O) groups excluding carboxylic acids is 1. The number of hydrogen-bond acceptors (Lipinski definition) is 2. The number of aryl methyl sites for hydroxylation is 2. The highest BCUT2D eigenvalue weighted by Crippen LogP contribution is 2.13. The summed E-state index contributed by atoms with van der Waals surface area (Å²) in [6.07, 6.45) is 2.28. The van der Waals surface area contributed by atoms with Crippen LogP contribution in [0.4, 0.5) is 5.69 Å². The van der Waals surface area contributed by atoms with E-state index in [-0.39, 0.29) is 5.91 Å². The summed E-state index contributed by atoms with van der Waals surface area (Å²) >= 11 is 0. The van der Waals surface area contributed by atoms with Gasteiger partial charge in [0.1, 0.15) is 0 Å². The Labute approximate surface area is 78.2 Å². The zero-order valence-electron chi connectivity index (χ0n) is 8.22. The van der Waals surface area contributed by atoms with E-state index in [2.05, 4.69) is 10.3 Å². The highest BCUT2D eigenvalue weighted by Gasteiger charge is 2.02. The van der Waals surface area contributed by atoms with Crippen molar-refractivity contribution in [2.24, 2.45) is 0 Å². The molecule has 1 N–H and O–H groups in total. The second-order valence-electron chi connectivity index (χ2n) is 3.05. The minimum Gasteiger partial charge on any atom is -0.325 e. The summed E-state index contributed by atoms with van der Waals surface area (Å²) in [5.74, 6) is 0.0236. The SMILES string of the molecule is CCC(=O)Nc1cc(C)cnc1C. The number of rotatable bonds is 2. The third-order valence-electron chi connectivity index (χ3n) is 1.82. The lowest BCUT2D eigenvalue weighted by molar-refractivity contribution is -0.115. The Balaban J connectivity index is 2.87. The standard InChI is InChI=1S/C10H14N2O/c1-4-10(13)12-9-5-7(2)6-11-8(9)3/h5-6H,4H2,1-3H3,(H,12,13). The Morgan fingerprint density at radius 2 is 2.23 bits per heavy atom. The number of hydrogen-bond donors (Lipinski definition) is 1. The molecule has 70 valence electrons. The zero-order valence-corrected chi connectivity index (χ0v) is 8.22. The maximum absolute atomic E-state index is 11.1. The molecule has 0 radical (unpaired) electrons. The lowest BCUT2D eigenvalue weighted by atomic mass is 10.2. The third-order valence-corrected chi connectivity index (χ3v) is 1.82. The number of pyridine rings is 1. The van der Waals surface area contributed by atoms with Gasteiger partial charge in [0, 0.05) is 12.6 Å². The van der Waals surface area contributed by atoms with E-state index in [4.69, 9.17) is 0 Å². The molecule has 0 bridgehead atoms. The van der Waals surface area contributed by atoms with Crippen molar-refractivity contribution < 1.29 is 4.79 Å². The molecule has 0 saturated heterocycles. The molecule has 0 aliphatic heterocycles. The Bertz CT molecular complexity index is 321. The van der Waals surface area contributed by atoms with Crippen molar-refractivity contribution in [2.45, 2.75) is 27.2 Å². The molecule has 0 fully saturated rings. The maximum Gasteiger partial charge on any atom is 0.224 e. The van der Waals surface area contributed by atoms with E-state index in [1.165, 1.54) is 0 Å². The zero-order chi connectivity index (χ0) is 9.84. The van der Waals surface area contributed by atoms with Gasteiger partial charge in [-0.25, -0.2) is 0 Å². The first kappa shape index (κ1) is 9.71. The van der Waals surface area contributed by atoms with Crippen molar-refractivity contribution in [1.82, 2.24) is 4.98 Å². The van der Waals surface area contributed by atoms with Crippen LogP contribution in [0, 0.1) is 13.8 Å². The van der Waals surface area contributed by atoms with Gasteiger partial charge in [-0.15, -0.1) is 0 Å². The smallest absolute Gasteiger partial charge is 0.224 e. The molecule has 0 spiro atoms. The van der Waals surface area contributed by atoms with Crippen molar-refractivity contribution in [3.05, 3.63) is 23.5 Å². The van der Waals surface area contributed by atoms with Crippen molar-refractivity contribution >= 4 is 11.6 Å². The van der Waals surface area contributed by atoms with E-state index in [1.54, 1.807) is 6.20 Å². The minimum absolute atomic E-state index is 0.0236. The molecule has 0 aliphatic carbocycles. The van der Waals surface area contributed by atoms with Crippen molar-refractivity contribution in [3.8, 4) is 0 Å². The molecule has 1 aromatic rings. The molecule has 1 aromatic heterocycles. The lowest BCUT2D eigenvalue weighted by Gasteiger charge is -2.06. The van der Waals surface area contributed by atoms with Gasteiger partial charge in [-0.3, -0.25) is 9.78 Å². The fourth-order valence-electron chi connectivity index (χ4n) is 1.00. The second kappa shape index (κ2) is 4.03. The molecule has 3 heteroatoms. The van der Waals surface area contributed by atoms with Crippen molar-refractivity contribution in [3.63, 3.8) is 0 Å². The summed E-state index contributed by atoms with van der Waals surface area (Å²) in [6, 6.07) is 1.93. The fourth-order valence-corrected chi connectivity index (χ4v) is 1.00. The average Bonchev–Trinajstić information content (AvgIpc) is 2.11. The number of nitrogens with zero attached hydrogens (tertiary/aromatic N) is 1.